The van der Waals surface area contributed by atoms with Gasteiger partial charge in [-0.3, -0.25) is 0 Å². The molecule has 96 valence electrons. The summed E-state index contributed by atoms with van der Waals surface area (Å²) >= 11 is 0. The van der Waals surface area contributed by atoms with Gasteiger partial charge >= 0.3 is 0 Å². The highest BCUT2D eigenvalue weighted by molar-refractivity contribution is 5.48. The van der Waals surface area contributed by atoms with Crippen LogP contribution in [0.25, 0.3) is 0 Å². The second-order valence-electron chi connectivity index (χ2n) is 5.31. The van der Waals surface area contributed by atoms with Crippen molar-refractivity contribution in [3.05, 3.63) is 29.6 Å². The van der Waals surface area contributed by atoms with E-state index in [1.807, 2.05) is 6.07 Å². The minimum Gasteiger partial charge on any atom is -0.382 e. The van der Waals surface area contributed by atoms with Crippen LogP contribution in [-0.4, -0.2) is 6.54 Å². The molecule has 0 unspecified atom stereocenters. The second-order valence-corrected chi connectivity index (χ2v) is 5.31. The van der Waals surface area contributed by atoms with E-state index in [-0.39, 0.29) is 5.82 Å². The molecule has 1 fully saturated rings. The smallest absolute Gasteiger partial charge is 0.147 e. The van der Waals surface area contributed by atoms with Crippen molar-refractivity contribution in [2.75, 3.05) is 11.9 Å². The monoisotopic (exact) mass is 246 g/mol. The van der Waals surface area contributed by atoms with E-state index in [1.165, 1.54) is 31.7 Å². The lowest BCUT2D eigenvalue weighted by molar-refractivity contribution is 0.300. The maximum atomic E-state index is 13.6. The first-order valence-corrected chi connectivity index (χ1v) is 6.62. The van der Waals surface area contributed by atoms with Crippen LogP contribution in [0.4, 0.5) is 10.1 Å². The Hall–Kier alpha value is -1.56. The summed E-state index contributed by atoms with van der Waals surface area (Å²) in [5.74, 6) is 1.15. The third-order valence-electron chi connectivity index (χ3n) is 3.81. The van der Waals surface area contributed by atoms with Gasteiger partial charge in [0.25, 0.3) is 0 Å². The Morgan fingerprint density at radius 1 is 1.33 bits per heavy atom. The van der Waals surface area contributed by atoms with Crippen molar-refractivity contribution in [3.8, 4) is 6.07 Å². The number of rotatable bonds is 3. The van der Waals surface area contributed by atoms with Crippen LogP contribution >= 0.6 is 0 Å². The number of halogens is 1. The molecule has 1 aromatic rings. The van der Waals surface area contributed by atoms with Crippen LogP contribution in [0.5, 0.6) is 0 Å². The summed E-state index contributed by atoms with van der Waals surface area (Å²) in [7, 11) is 0. The minimum atomic E-state index is -0.335. The first-order valence-electron chi connectivity index (χ1n) is 6.62. The molecule has 0 aliphatic heterocycles. The van der Waals surface area contributed by atoms with E-state index in [0.29, 0.717) is 17.2 Å². The van der Waals surface area contributed by atoms with Gasteiger partial charge in [0.2, 0.25) is 0 Å². The van der Waals surface area contributed by atoms with Gasteiger partial charge in [-0.2, -0.15) is 5.26 Å². The van der Waals surface area contributed by atoms with E-state index in [0.717, 1.165) is 12.5 Å². The summed E-state index contributed by atoms with van der Waals surface area (Å²) in [6, 6.07) is 6.52. The Balaban J connectivity index is 1.89. The van der Waals surface area contributed by atoms with Crippen LogP contribution in [0.3, 0.4) is 0 Å². The number of hydrogen-bond donors (Lipinski definition) is 1. The summed E-state index contributed by atoms with van der Waals surface area (Å²) < 4.78 is 13.6. The highest BCUT2D eigenvalue weighted by Crippen LogP contribution is 2.28. The first-order chi connectivity index (χ1) is 8.69. The molecule has 0 bridgehead atoms. The Bertz CT molecular complexity index is 442. The standard InChI is InChI=1S/C15H19FN2/c1-11-2-4-12(5-3-11)10-18-15-7-6-13(9-17)8-14(15)16/h6-8,11-12,18H,2-5,10H2,1H3. The predicted molar refractivity (Wildman–Crippen MR) is 70.7 cm³/mol. The Labute approximate surface area is 108 Å². The third-order valence-corrected chi connectivity index (χ3v) is 3.81. The molecule has 0 amide bonds. The molecule has 0 spiro atoms. The summed E-state index contributed by atoms with van der Waals surface area (Å²) in [5, 5.41) is 11.8. The molecule has 0 atom stereocenters. The van der Waals surface area contributed by atoms with Crippen molar-refractivity contribution >= 4 is 5.69 Å². The van der Waals surface area contributed by atoms with Gasteiger partial charge in [-0.15, -0.1) is 0 Å². The lowest BCUT2D eigenvalue weighted by Gasteiger charge is -2.26. The van der Waals surface area contributed by atoms with Gasteiger partial charge in [0.15, 0.2) is 0 Å². The van der Waals surface area contributed by atoms with E-state index in [1.54, 1.807) is 12.1 Å². The van der Waals surface area contributed by atoms with Gasteiger partial charge < -0.3 is 5.32 Å². The van der Waals surface area contributed by atoms with Crippen molar-refractivity contribution in [1.82, 2.24) is 0 Å². The van der Waals surface area contributed by atoms with Gasteiger partial charge in [0.1, 0.15) is 5.82 Å². The normalized spacial score (nSPS) is 23.4. The molecule has 1 aromatic carbocycles. The SMILES string of the molecule is CC1CCC(CNc2ccc(C#N)cc2F)CC1. The first kappa shape index (κ1) is 12.9. The fourth-order valence-electron chi connectivity index (χ4n) is 2.52. The zero-order chi connectivity index (χ0) is 13.0. The largest absolute Gasteiger partial charge is 0.382 e. The highest BCUT2D eigenvalue weighted by atomic mass is 19.1. The molecule has 1 N–H and O–H groups in total. The number of nitrogens with zero attached hydrogens (tertiary/aromatic N) is 1. The zero-order valence-electron chi connectivity index (χ0n) is 10.7. The van der Waals surface area contributed by atoms with Gasteiger partial charge in [0.05, 0.1) is 17.3 Å². The van der Waals surface area contributed by atoms with Crippen LogP contribution in [0.1, 0.15) is 38.2 Å². The van der Waals surface area contributed by atoms with Gasteiger partial charge in [0, 0.05) is 6.54 Å². The van der Waals surface area contributed by atoms with E-state index >= 15 is 0 Å². The fraction of sp³-hybridized carbons (Fsp3) is 0.533. The molecule has 1 saturated carbocycles. The zero-order valence-corrected chi connectivity index (χ0v) is 10.7. The van der Waals surface area contributed by atoms with Crippen LogP contribution < -0.4 is 5.32 Å². The second kappa shape index (κ2) is 5.86. The molecule has 2 nitrogen and oxygen atoms in total. The minimum absolute atomic E-state index is 0.335. The Morgan fingerprint density at radius 2 is 2.06 bits per heavy atom. The predicted octanol–water partition coefficient (Wildman–Crippen LogP) is 3.94. The summed E-state index contributed by atoms with van der Waals surface area (Å²) in [6.07, 6.45) is 5.02. The molecular formula is C15H19FN2. The highest BCUT2D eigenvalue weighted by Gasteiger charge is 2.18. The van der Waals surface area contributed by atoms with Crippen molar-refractivity contribution in [1.29, 1.82) is 5.26 Å². The summed E-state index contributed by atoms with van der Waals surface area (Å²) in [6.45, 7) is 3.12. The molecule has 1 aliphatic rings. The Morgan fingerprint density at radius 3 is 2.67 bits per heavy atom. The van der Waals surface area contributed by atoms with Gasteiger partial charge in [-0.05, 0) is 42.9 Å². The summed E-state index contributed by atoms with van der Waals surface area (Å²) in [5.41, 5.74) is 0.872. The molecular weight excluding hydrogens is 227 g/mol. The van der Waals surface area contributed by atoms with Crippen LogP contribution in [-0.2, 0) is 0 Å². The number of anilines is 1. The van der Waals surface area contributed by atoms with Crippen molar-refractivity contribution in [2.45, 2.75) is 32.6 Å². The molecule has 18 heavy (non-hydrogen) atoms. The molecule has 0 aromatic heterocycles. The number of benzene rings is 1. The third kappa shape index (κ3) is 3.22. The van der Waals surface area contributed by atoms with Crippen molar-refractivity contribution < 1.29 is 4.39 Å². The molecule has 0 saturated heterocycles. The fourth-order valence-corrected chi connectivity index (χ4v) is 2.52. The molecule has 3 heteroatoms. The number of nitrogens with one attached hydrogen (secondary N) is 1. The molecule has 0 heterocycles. The van der Waals surface area contributed by atoms with Crippen LogP contribution in [0.2, 0.25) is 0 Å². The van der Waals surface area contributed by atoms with Crippen molar-refractivity contribution in [2.24, 2.45) is 11.8 Å². The average molecular weight is 246 g/mol. The summed E-state index contributed by atoms with van der Waals surface area (Å²) in [4.78, 5) is 0. The number of hydrogen-bond acceptors (Lipinski definition) is 2. The van der Waals surface area contributed by atoms with E-state index in [9.17, 15) is 4.39 Å². The average Bonchev–Trinajstić information content (AvgIpc) is 2.39. The van der Waals surface area contributed by atoms with Crippen LogP contribution in [0, 0.1) is 29.0 Å². The van der Waals surface area contributed by atoms with Gasteiger partial charge in [-0.25, -0.2) is 4.39 Å². The Kier molecular flexibility index (Phi) is 4.19. The topological polar surface area (TPSA) is 35.8 Å². The van der Waals surface area contributed by atoms with Crippen molar-refractivity contribution in [3.63, 3.8) is 0 Å². The lowest BCUT2D eigenvalue weighted by Crippen LogP contribution is -2.20. The molecule has 2 rings (SSSR count). The molecule has 1 aliphatic carbocycles. The van der Waals surface area contributed by atoms with E-state index in [4.69, 9.17) is 5.26 Å². The van der Waals surface area contributed by atoms with Crippen LogP contribution in [0.15, 0.2) is 18.2 Å². The van der Waals surface area contributed by atoms with E-state index < -0.39 is 0 Å². The number of nitriles is 1. The maximum absolute atomic E-state index is 13.6. The maximum Gasteiger partial charge on any atom is 0.147 e. The quantitative estimate of drug-likeness (QED) is 0.877. The van der Waals surface area contributed by atoms with Gasteiger partial charge in [-0.1, -0.05) is 19.8 Å². The molecule has 0 radical (unpaired) electrons. The lowest BCUT2D eigenvalue weighted by atomic mass is 9.83. The van der Waals surface area contributed by atoms with E-state index in [2.05, 4.69) is 12.2 Å².